The van der Waals surface area contributed by atoms with Crippen LogP contribution in [0.3, 0.4) is 0 Å². The molecule has 0 radical (unpaired) electrons. The largest absolute Gasteiger partial charge is 0.383 e. The summed E-state index contributed by atoms with van der Waals surface area (Å²) in [4.78, 5) is 29.2. The lowest BCUT2D eigenvalue weighted by molar-refractivity contribution is 0.0938. The van der Waals surface area contributed by atoms with E-state index in [0.717, 1.165) is 0 Å². The zero-order chi connectivity index (χ0) is 15.5. The molecule has 0 spiro atoms. The van der Waals surface area contributed by atoms with Gasteiger partial charge in [0.2, 0.25) is 0 Å². The highest BCUT2D eigenvalue weighted by molar-refractivity contribution is 6.00. The first-order valence-corrected chi connectivity index (χ1v) is 6.89. The number of hydrogen-bond acceptors (Lipinski definition) is 4. The minimum absolute atomic E-state index is 0.188. The first-order chi connectivity index (χ1) is 10.7. The van der Waals surface area contributed by atoms with Crippen molar-refractivity contribution < 1.29 is 9.53 Å². The van der Waals surface area contributed by atoms with Gasteiger partial charge >= 0.3 is 0 Å². The fourth-order valence-electron chi connectivity index (χ4n) is 2.31. The van der Waals surface area contributed by atoms with Crippen LogP contribution in [0.2, 0.25) is 0 Å². The summed E-state index contributed by atoms with van der Waals surface area (Å²) in [5.41, 5.74) is 1.10. The highest BCUT2D eigenvalue weighted by Crippen LogP contribution is 2.12. The second kappa shape index (κ2) is 5.95. The molecule has 2 heterocycles. The lowest BCUT2D eigenvalue weighted by Crippen LogP contribution is -2.28. The number of hydrogen-bond donors (Lipinski definition) is 1. The van der Waals surface area contributed by atoms with Crippen molar-refractivity contribution in [1.29, 1.82) is 0 Å². The second-order valence-electron chi connectivity index (χ2n) is 4.80. The molecule has 3 rings (SSSR count). The maximum atomic E-state index is 12.5. The number of ether oxygens (including phenoxy) is 1. The lowest BCUT2D eigenvalue weighted by atomic mass is 10.2. The van der Waals surface area contributed by atoms with E-state index in [1.807, 2.05) is 6.07 Å². The van der Waals surface area contributed by atoms with Gasteiger partial charge in [0.05, 0.1) is 23.1 Å². The first-order valence-electron chi connectivity index (χ1n) is 6.89. The van der Waals surface area contributed by atoms with Gasteiger partial charge in [-0.2, -0.15) is 0 Å². The van der Waals surface area contributed by atoms with E-state index in [-0.39, 0.29) is 11.5 Å². The fourth-order valence-corrected chi connectivity index (χ4v) is 2.31. The third kappa shape index (κ3) is 2.44. The van der Waals surface area contributed by atoms with Crippen LogP contribution in [0.25, 0.3) is 16.6 Å². The number of nitrogens with one attached hydrogen (secondary N) is 1. The molecule has 1 N–H and O–H groups in total. The molecule has 6 nitrogen and oxygen atoms in total. The number of para-hydroxylation sites is 1. The average Bonchev–Trinajstić information content (AvgIpc) is 2.55. The van der Waals surface area contributed by atoms with Gasteiger partial charge in [-0.3, -0.25) is 14.0 Å². The summed E-state index contributed by atoms with van der Waals surface area (Å²) in [7, 11) is 1.57. The molecule has 0 aliphatic heterocycles. The van der Waals surface area contributed by atoms with Gasteiger partial charge in [-0.1, -0.05) is 12.1 Å². The lowest BCUT2D eigenvalue weighted by Gasteiger charge is -2.09. The van der Waals surface area contributed by atoms with Gasteiger partial charge < -0.3 is 10.1 Å². The number of carbonyl (C=O) groups excluding carboxylic acids is 1. The van der Waals surface area contributed by atoms with E-state index in [1.54, 1.807) is 43.6 Å². The van der Waals surface area contributed by atoms with Gasteiger partial charge in [-0.05, 0) is 24.3 Å². The molecule has 0 atom stereocenters. The SMILES string of the molecule is COCCNC(=O)c1cccn2c(=O)c3ccccc3nc12. The van der Waals surface area contributed by atoms with Gasteiger partial charge in [0, 0.05) is 19.9 Å². The number of amides is 1. The predicted molar refractivity (Wildman–Crippen MR) is 83.2 cm³/mol. The van der Waals surface area contributed by atoms with Crippen LogP contribution in [0.1, 0.15) is 10.4 Å². The molecule has 0 aliphatic rings. The number of fused-ring (bicyclic) bond motifs is 2. The highest BCUT2D eigenvalue weighted by Gasteiger charge is 2.13. The molecule has 2 aromatic heterocycles. The van der Waals surface area contributed by atoms with Crippen molar-refractivity contribution in [3.8, 4) is 0 Å². The summed E-state index contributed by atoms with van der Waals surface area (Å²) in [5.74, 6) is -0.280. The van der Waals surface area contributed by atoms with Crippen LogP contribution in [-0.2, 0) is 4.74 Å². The Hall–Kier alpha value is -2.73. The minimum atomic E-state index is -0.280. The molecule has 3 aromatic rings. The molecular weight excluding hydrogens is 282 g/mol. The summed E-state index contributed by atoms with van der Waals surface area (Å²) >= 11 is 0. The van der Waals surface area contributed by atoms with Crippen molar-refractivity contribution in [1.82, 2.24) is 14.7 Å². The molecule has 0 saturated carbocycles. The number of methoxy groups -OCH3 is 1. The Kier molecular flexibility index (Phi) is 3.84. The van der Waals surface area contributed by atoms with Crippen molar-refractivity contribution in [3.63, 3.8) is 0 Å². The Balaban J connectivity index is 2.16. The maximum absolute atomic E-state index is 12.5. The number of nitrogens with zero attached hydrogens (tertiary/aromatic N) is 2. The normalized spacial score (nSPS) is 11.0. The molecule has 0 saturated heterocycles. The van der Waals surface area contributed by atoms with E-state index >= 15 is 0 Å². The van der Waals surface area contributed by atoms with E-state index in [2.05, 4.69) is 10.3 Å². The highest BCUT2D eigenvalue weighted by atomic mass is 16.5. The Morgan fingerprint density at radius 1 is 1.27 bits per heavy atom. The predicted octanol–water partition coefficient (Wildman–Crippen LogP) is 1.22. The molecule has 6 heteroatoms. The molecule has 112 valence electrons. The topological polar surface area (TPSA) is 72.7 Å². The van der Waals surface area contributed by atoms with Crippen molar-refractivity contribution >= 4 is 22.5 Å². The Morgan fingerprint density at radius 3 is 2.91 bits per heavy atom. The standard InChI is InChI=1S/C16H15N3O3/c1-22-10-8-17-15(20)12-6-4-9-19-14(12)18-13-7-3-2-5-11(13)16(19)21/h2-7,9H,8,10H2,1H3,(H,17,20). The number of aromatic nitrogens is 2. The van der Waals surface area contributed by atoms with Gasteiger partial charge in [0.25, 0.3) is 11.5 Å². The molecule has 0 fully saturated rings. The fraction of sp³-hybridized carbons (Fsp3) is 0.188. The number of benzene rings is 1. The Morgan fingerprint density at radius 2 is 2.09 bits per heavy atom. The van der Waals surface area contributed by atoms with E-state index in [4.69, 9.17) is 4.74 Å². The van der Waals surface area contributed by atoms with Crippen LogP contribution in [0.15, 0.2) is 47.4 Å². The van der Waals surface area contributed by atoms with E-state index < -0.39 is 0 Å². The molecule has 22 heavy (non-hydrogen) atoms. The zero-order valence-electron chi connectivity index (χ0n) is 12.1. The van der Waals surface area contributed by atoms with E-state index in [1.165, 1.54) is 4.40 Å². The van der Waals surface area contributed by atoms with E-state index in [9.17, 15) is 9.59 Å². The summed E-state index contributed by atoms with van der Waals surface area (Å²) in [5, 5.41) is 3.27. The third-order valence-electron chi connectivity index (χ3n) is 3.38. The van der Waals surface area contributed by atoms with Crippen LogP contribution in [0, 0.1) is 0 Å². The molecule has 0 aliphatic carbocycles. The number of carbonyl (C=O) groups is 1. The quantitative estimate of drug-likeness (QED) is 0.580. The summed E-state index contributed by atoms with van der Waals surface area (Å²) < 4.78 is 6.30. The summed E-state index contributed by atoms with van der Waals surface area (Å²) in [6.45, 7) is 0.820. The number of rotatable bonds is 4. The van der Waals surface area contributed by atoms with Crippen molar-refractivity contribution in [3.05, 3.63) is 58.5 Å². The van der Waals surface area contributed by atoms with Crippen molar-refractivity contribution in [2.45, 2.75) is 0 Å². The first kappa shape index (κ1) is 14.2. The van der Waals surface area contributed by atoms with Gasteiger partial charge in [0.15, 0.2) is 5.65 Å². The van der Waals surface area contributed by atoms with Crippen LogP contribution < -0.4 is 10.9 Å². The monoisotopic (exact) mass is 297 g/mol. The third-order valence-corrected chi connectivity index (χ3v) is 3.38. The zero-order valence-corrected chi connectivity index (χ0v) is 12.1. The molecule has 0 unspecified atom stereocenters. The van der Waals surface area contributed by atoms with Gasteiger partial charge in [-0.15, -0.1) is 0 Å². The average molecular weight is 297 g/mol. The smallest absolute Gasteiger partial charge is 0.265 e. The van der Waals surface area contributed by atoms with Crippen molar-refractivity contribution in [2.75, 3.05) is 20.3 Å². The van der Waals surface area contributed by atoms with Gasteiger partial charge in [0.1, 0.15) is 0 Å². The molecule has 1 amide bonds. The van der Waals surface area contributed by atoms with E-state index in [0.29, 0.717) is 35.3 Å². The van der Waals surface area contributed by atoms with Gasteiger partial charge in [-0.25, -0.2) is 4.98 Å². The minimum Gasteiger partial charge on any atom is -0.383 e. The Labute approximate surface area is 126 Å². The summed E-state index contributed by atoms with van der Waals surface area (Å²) in [6, 6.07) is 10.4. The van der Waals surface area contributed by atoms with Crippen LogP contribution in [0.5, 0.6) is 0 Å². The van der Waals surface area contributed by atoms with Crippen LogP contribution >= 0.6 is 0 Å². The molecule has 0 bridgehead atoms. The molecule has 1 aromatic carbocycles. The Bertz CT molecular complexity index is 902. The van der Waals surface area contributed by atoms with Crippen LogP contribution in [0.4, 0.5) is 0 Å². The molecular formula is C16H15N3O3. The number of pyridine rings is 1. The summed E-state index contributed by atoms with van der Waals surface area (Å²) in [6.07, 6.45) is 1.61. The van der Waals surface area contributed by atoms with Crippen molar-refractivity contribution in [2.24, 2.45) is 0 Å². The second-order valence-corrected chi connectivity index (χ2v) is 4.80. The maximum Gasteiger partial charge on any atom is 0.265 e. The van der Waals surface area contributed by atoms with Crippen LogP contribution in [-0.4, -0.2) is 35.6 Å².